The molecule has 7 heteroatoms. The van der Waals surface area contributed by atoms with Crippen LogP contribution in [0.1, 0.15) is 23.7 Å². The summed E-state index contributed by atoms with van der Waals surface area (Å²) in [6.45, 7) is 2.13. The fourth-order valence-corrected chi connectivity index (χ4v) is 2.60. The van der Waals surface area contributed by atoms with Crippen molar-refractivity contribution in [1.29, 1.82) is 0 Å². The molecule has 0 aliphatic carbocycles. The molecule has 1 atom stereocenters. The number of hydrogen-bond donors (Lipinski definition) is 1. The Bertz CT molecular complexity index is 680. The lowest BCUT2D eigenvalue weighted by Gasteiger charge is -2.26. The molecule has 0 fully saturated rings. The monoisotopic (exact) mass is 274 g/mol. The first-order valence-corrected chi connectivity index (χ1v) is 6.30. The third kappa shape index (κ3) is 1.78. The zero-order valence-electron chi connectivity index (χ0n) is 10.9. The molecule has 2 N–H and O–H groups in total. The average molecular weight is 274 g/mol. The Hall–Kier alpha value is -2.57. The van der Waals surface area contributed by atoms with Crippen molar-refractivity contribution in [3.63, 3.8) is 0 Å². The van der Waals surface area contributed by atoms with Gasteiger partial charge in [0.25, 0.3) is 0 Å². The number of nitrogen functional groups attached to an aromatic ring is 1. The molecular formula is C13H14N4O3. The van der Waals surface area contributed by atoms with E-state index in [0.717, 1.165) is 11.3 Å². The minimum absolute atomic E-state index is 0.0919. The van der Waals surface area contributed by atoms with E-state index >= 15 is 0 Å². The van der Waals surface area contributed by atoms with Crippen LogP contribution in [-0.4, -0.2) is 21.3 Å². The molecule has 0 saturated heterocycles. The van der Waals surface area contributed by atoms with Gasteiger partial charge in [-0.2, -0.15) is 5.10 Å². The lowest BCUT2D eigenvalue weighted by atomic mass is 10.0. The molecule has 1 aromatic heterocycles. The number of aromatic nitrogens is 2. The number of nitrogens with zero attached hydrogens (tertiary/aromatic N) is 3. The molecule has 7 nitrogen and oxygen atoms in total. The number of ether oxygens (including phenoxy) is 1. The Morgan fingerprint density at radius 3 is 2.95 bits per heavy atom. The fourth-order valence-electron chi connectivity index (χ4n) is 2.60. The van der Waals surface area contributed by atoms with Crippen LogP contribution in [0.4, 0.5) is 11.5 Å². The standard InChI is InChI=1S/C13H14N4O3/c1-8-12(17(18)19)13(14)16(15-8)10-6-7-20-11-5-3-2-4-9(10)11/h2-5,10H,6-7,14H2,1H3. The molecule has 2 heterocycles. The molecule has 1 aliphatic heterocycles. The first-order chi connectivity index (χ1) is 9.59. The Kier molecular flexibility index (Phi) is 2.81. The van der Waals surface area contributed by atoms with E-state index in [-0.39, 0.29) is 17.5 Å². The van der Waals surface area contributed by atoms with Gasteiger partial charge in [-0.1, -0.05) is 18.2 Å². The van der Waals surface area contributed by atoms with E-state index < -0.39 is 4.92 Å². The van der Waals surface area contributed by atoms with Crippen molar-refractivity contribution >= 4 is 11.5 Å². The van der Waals surface area contributed by atoms with Crippen molar-refractivity contribution in [3.05, 3.63) is 45.6 Å². The lowest BCUT2D eigenvalue weighted by Crippen LogP contribution is -2.22. The highest BCUT2D eigenvalue weighted by atomic mass is 16.6. The number of nitro groups is 1. The highest BCUT2D eigenvalue weighted by molar-refractivity contribution is 5.57. The number of para-hydroxylation sites is 1. The second-order valence-electron chi connectivity index (χ2n) is 4.71. The summed E-state index contributed by atoms with van der Waals surface area (Å²) in [6.07, 6.45) is 0.680. The van der Waals surface area contributed by atoms with Crippen LogP contribution in [0.3, 0.4) is 0 Å². The Labute approximate surface area is 115 Å². The first kappa shape index (κ1) is 12.5. The smallest absolute Gasteiger partial charge is 0.333 e. The number of hydrogen-bond acceptors (Lipinski definition) is 5. The van der Waals surface area contributed by atoms with Gasteiger partial charge in [-0.05, 0) is 13.0 Å². The van der Waals surface area contributed by atoms with E-state index in [9.17, 15) is 10.1 Å². The lowest BCUT2D eigenvalue weighted by molar-refractivity contribution is -0.384. The van der Waals surface area contributed by atoms with Gasteiger partial charge < -0.3 is 10.5 Å². The molecule has 0 saturated carbocycles. The van der Waals surface area contributed by atoms with Gasteiger partial charge in [0, 0.05) is 12.0 Å². The third-order valence-electron chi connectivity index (χ3n) is 3.49. The van der Waals surface area contributed by atoms with Crippen LogP contribution in [-0.2, 0) is 0 Å². The number of aryl methyl sites for hydroxylation is 1. The van der Waals surface area contributed by atoms with Crippen molar-refractivity contribution in [3.8, 4) is 5.75 Å². The molecule has 0 spiro atoms. The van der Waals surface area contributed by atoms with E-state index in [4.69, 9.17) is 10.5 Å². The Morgan fingerprint density at radius 2 is 2.25 bits per heavy atom. The van der Waals surface area contributed by atoms with Crippen molar-refractivity contribution in [2.45, 2.75) is 19.4 Å². The van der Waals surface area contributed by atoms with Crippen LogP contribution in [0.2, 0.25) is 0 Å². The SMILES string of the molecule is Cc1nn(C2CCOc3ccccc32)c(N)c1[N+](=O)[O-]. The van der Waals surface area contributed by atoms with Gasteiger partial charge >= 0.3 is 5.69 Å². The molecule has 0 radical (unpaired) electrons. The number of benzene rings is 1. The summed E-state index contributed by atoms with van der Waals surface area (Å²) in [6, 6.07) is 7.47. The summed E-state index contributed by atoms with van der Waals surface area (Å²) in [5.74, 6) is 0.869. The minimum Gasteiger partial charge on any atom is -0.493 e. The highest BCUT2D eigenvalue weighted by Gasteiger charge is 2.30. The summed E-state index contributed by atoms with van der Waals surface area (Å²) in [5.41, 5.74) is 7.07. The van der Waals surface area contributed by atoms with Gasteiger partial charge in [-0.15, -0.1) is 0 Å². The molecule has 0 bridgehead atoms. The van der Waals surface area contributed by atoms with Crippen LogP contribution < -0.4 is 10.5 Å². The Morgan fingerprint density at radius 1 is 1.50 bits per heavy atom. The van der Waals surface area contributed by atoms with Gasteiger partial charge in [0.15, 0.2) is 0 Å². The van der Waals surface area contributed by atoms with Crippen LogP contribution in [0.15, 0.2) is 24.3 Å². The highest BCUT2D eigenvalue weighted by Crippen LogP contribution is 2.38. The largest absolute Gasteiger partial charge is 0.493 e. The zero-order valence-corrected chi connectivity index (χ0v) is 10.9. The second-order valence-corrected chi connectivity index (χ2v) is 4.71. The molecule has 0 amide bonds. The number of anilines is 1. The maximum atomic E-state index is 11.0. The summed E-state index contributed by atoms with van der Waals surface area (Å²) in [5, 5.41) is 15.3. The van der Waals surface area contributed by atoms with Crippen LogP contribution in [0.25, 0.3) is 0 Å². The third-order valence-corrected chi connectivity index (χ3v) is 3.49. The van der Waals surface area contributed by atoms with Crippen molar-refractivity contribution in [2.24, 2.45) is 0 Å². The van der Waals surface area contributed by atoms with Gasteiger partial charge in [0.1, 0.15) is 11.4 Å². The summed E-state index contributed by atoms with van der Waals surface area (Å²) >= 11 is 0. The zero-order chi connectivity index (χ0) is 14.3. The van der Waals surface area contributed by atoms with Crippen LogP contribution >= 0.6 is 0 Å². The minimum atomic E-state index is -0.487. The Balaban J connectivity index is 2.12. The number of nitrogens with two attached hydrogens (primary N) is 1. The van der Waals surface area contributed by atoms with E-state index in [1.54, 1.807) is 6.92 Å². The maximum absolute atomic E-state index is 11.0. The van der Waals surface area contributed by atoms with Gasteiger partial charge in [0.2, 0.25) is 5.82 Å². The fraction of sp³-hybridized carbons (Fsp3) is 0.308. The molecule has 104 valence electrons. The molecule has 1 aliphatic rings. The van der Waals surface area contributed by atoms with Gasteiger partial charge in [0.05, 0.1) is 17.6 Å². The number of rotatable bonds is 2. The predicted molar refractivity (Wildman–Crippen MR) is 72.7 cm³/mol. The topological polar surface area (TPSA) is 96.2 Å². The quantitative estimate of drug-likeness (QED) is 0.667. The van der Waals surface area contributed by atoms with Crippen molar-refractivity contribution in [1.82, 2.24) is 9.78 Å². The van der Waals surface area contributed by atoms with Crippen LogP contribution in [0.5, 0.6) is 5.75 Å². The van der Waals surface area contributed by atoms with Crippen LogP contribution in [0, 0.1) is 17.0 Å². The molecular weight excluding hydrogens is 260 g/mol. The predicted octanol–water partition coefficient (Wildman–Crippen LogP) is 2.05. The van der Waals surface area contributed by atoms with E-state index in [1.165, 1.54) is 4.68 Å². The molecule has 3 rings (SSSR count). The van der Waals surface area contributed by atoms with Gasteiger partial charge in [-0.25, -0.2) is 4.68 Å². The summed E-state index contributed by atoms with van der Waals surface area (Å²) < 4.78 is 7.12. The van der Waals surface area contributed by atoms with E-state index in [0.29, 0.717) is 18.7 Å². The molecule has 20 heavy (non-hydrogen) atoms. The number of fused-ring (bicyclic) bond motifs is 1. The van der Waals surface area contributed by atoms with E-state index in [2.05, 4.69) is 5.10 Å². The first-order valence-electron chi connectivity index (χ1n) is 6.30. The molecule has 1 unspecified atom stereocenters. The van der Waals surface area contributed by atoms with Gasteiger partial charge in [-0.3, -0.25) is 10.1 Å². The summed E-state index contributed by atoms with van der Waals surface area (Å²) in [4.78, 5) is 10.5. The van der Waals surface area contributed by atoms with E-state index in [1.807, 2.05) is 24.3 Å². The molecule has 2 aromatic rings. The summed E-state index contributed by atoms with van der Waals surface area (Å²) in [7, 11) is 0. The normalized spacial score (nSPS) is 17.4. The maximum Gasteiger partial charge on any atom is 0.333 e. The van der Waals surface area contributed by atoms with Crippen molar-refractivity contribution in [2.75, 3.05) is 12.3 Å². The van der Waals surface area contributed by atoms with Crippen molar-refractivity contribution < 1.29 is 9.66 Å². The second kappa shape index (κ2) is 4.52. The molecule has 1 aromatic carbocycles. The average Bonchev–Trinajstić information content (AvgIpc) is 2.73.